The Morgan fingerprint density at radius 2 is 1.97 bits per heavy atom. The van der Waals surface area contributed by atoms with Gasteiger partial charge in [0.25, 0.3) is 11.7 Å². The number of ketones is 1. The average molecular weight is 478 g/mol. The van der Waals surface area contributed by atoms with Crippen LogP contribution in [0.15, 0.2) is 48.0 Å². The van der Waals surface area contributed by atoms with Gasteiger partial charge >= 0.3 is 0 Å². The first-order chi connectivity index (χ1) is 17.0. The molecule has 2 aromatic rings. The van der Waals surface area contributed by atoms with Crippen LogP contribution in [0.4, 0.5) is 0 Å². The first-order valence-corrected chi connectivity index (χ1v) is 12.4. The molecule has 0 aromatic heterocycles. The zero-order valence-electron chi connectivity index (χ0n) is 20.2. The van der Waals surface area contributed by atoms with Gasteiger partial charge in [0.1, 0.15) is 23.4 Å². The van der Waals surface area contributed by atoms with Crippen molar-refractivity contribution in [2.75, 3.05) is 19.8 Å². The third-order valence-electron chi connectivity index (χ3n) is 6.80. The molecule has 0 aliphatic carbocycles. The van der Waals surface area contributed by atoms with Gasteiger partial charge in [-0.05, 0) is 67.6 Å². The van der Waals surface area contributed by atoms with Gasteiger partial charge in [0.05, 0.1) is 24.3 Å². The van der Waals surface area contributed by atoms with Crippen LogP contribution in [0.2, 0.25) is 0 Å². The van der Waals surface area contributed by atoms with Crippen molar-refractivity contribution in [2.24, 2.45) is 0 Å². The Kier molecular flexibility index (Phi) is 6.52. The van der Waals surface area contributed by atoms with Crippen molar-refractivity contribution in [1.82, 2.24) is 4.90 Å². The zero-order chi connectivity index (χ0) is 24.5. The number of hydrogen-bond acceptors (Lipinski definition) is 6. The number of rotatable bonds is 7. The topological polar surface area (TPSA) is 85.3 Å². The molecule has 3 heterocycles. The van der Waals surface area contributed by atoms with Crippen molar-refractivity contribution in [3.05, 3.63) is 64.7 Å². The lowest BCUT2D eigenvalue weighted by Gasteiger charge is -2.27. The predicted octanol–water partition coefficient (Wildman–Crippen LogP) is 4.40. The van der Waals surface area contributed by atoms with E-state index in [1.165, 1.54) is 0 Å². The minimum Gasteiger partial charge on any atom is -0.507 e. The highest BCUT2D eigenvalue weighted by Gasteiger charge is 2.47. The summed E-state index contributed by atoms with van der Waals surface area (Å²) in [6.07, 6.45) is 3.33. The molecule has 0 bridgehead atoms. The molecule has 2 fully saturated rings. The van der Waals surface area contributed by atoms with E-state index >= 15 is 0 Å². The van der Waals surface area contributed by atoms with Gasteiger partial charge in [0.2, 0.25) is 0 Å². The van der Waals surface area contributed by atoms with E-state index in [0.29, 0.717) is 25.3 Å². The number of carbonyl (C=O) groups excluding carboxylic acids is 2. The number of nitrogens with zero attached hydrogens (tertiary/aromatic N) is 1. The van der Waals surface area contributed by atoms with E-state index in [9.17, 15) is 14.7 Å². The number of aliphatic hydroxyl groups is 1. The van der Waals surface area contributed by atoms with Crippen molar-refractivity contribution < 1.29 is 28.9 Å². The normalized spacial score (nSPS) is 25.1. The Labute approximate surface area is 205 Å². The molecule has 1 N–H and O–H groups in total. The number of amides is 1. The lowest BCUT2D eigenvalue weighted by atomic mass is 9.94. The molecule has 184 valence electrons. The SMILES string of the molecule is CCCOc1ccc(C2/C(=C(\O)c3ccc4c(c3)CC(C)O4)C(=O)C(=O)N2CC2CCCO2)cc1. The minimum atomic E-state index is -0.706. The van der Waals surface area contributed by atoms with Crippen molar-refractivity contribution in [3.63, 3.8) is 0 Å². The quantitative estimate of drug-likeness (QED) is 0.362. The molecule has 2 saturated heterocycles. The minimum absolute atomic E-state index is 0.0628. The maximum atomic E-state index is 13.3. The summed E-state index contributed by atoms with van der Waals surface area (Å²) in [6, 6.07) is 12.1. The molecule has 3 aliphatic rings. The summed E-state index contributed by atoms with van der Waals surface area (Å²) in [7, 11) is 0. The Hall–Kier alpha value is -3.32. The molecule has 7 heteroatoms. The van der Waals surface area contributed by atoms with E-state index in [1.54, 1.807) is 11.0 Å². The van der Waals surface area contributed by atoms with Gasteiger partial charge in [0.15, 0.2) is 0 Å². The van der Waals surface area contributed by atoms with Crippen molar-refractivity contribution in [1.29, 1.82) is 0 Å². The number of carbonyl (C=O) groups is 2. The Morgan fingerprint density at radius 1 is 1.17 bits per heavy atom. The molecule has 5 rings (SSSR count). The monoisotopic (exact) mass is 477 g/mol. The number of fused-ring (bicyclic) bond motifs is 1. The van der Waals surface area contributed by atoms with Crippen LogP contribution in [0, 0.1) is 0 Å². The fourth-order valence-electron chi connectivity index (χ4n) is 5.11. The third-order valence-corrected chi connectivity index (χ3v) is 6.80. The Bertz CT molecular complexity index is 1150. The number of benzene rings is 2. The van der Waals surface area contributed by atoms with Gasteiger partial charge in [-0.1, -0.05) is 19.1 Å². The standard InChI is InChI=1S/C28H31NO6/c1-3-12-33-21-9-6-18(7-10-21)25-24(27(31)28(32)29(25)16-22-5-4-13-34-22)26(30)19-8-11-23-20(15-19)14-17(2)35-23/h6-11,15,17,22,25,30H,3-5,12-14,16H2,1-2H3/b26-24+. The molecule has 3 aliphatic heterocycles. The summed E-state index contributed by atoms with van der Waals surface area (Å²) in [4.78, 5) is 28.0. The van der Waals surface area contributed by atoms with E-state index in [2.05, 4.69) is 0 Å². The number of ether oxygens (including phenoxy) is 3. The second-order valence-electron chi connectivity index (χ2n) is 9.46. The molecule has 3 atom stereocenters. The van der Waals surface area contributed by atoms with Crippen LogP contribution in [0.3, 0.4) is 0 Å². The molecule has 3 unspecified atom stereocenters. The zero-order valence-corrected chi connectivity index (χ0v) is 20.2. The predicted molar refractivity (Wildman–Crippen MR) is 130 cm³/mol. The summed E-state index contributed by atoms with van der Waals surface area (Å²) in [6.45, 7) is 5.59. The van der Waals surface area contributed by atoms with Crippen LogP contribution in [0.25, 0.3) is 5.76 Å². The van der Waals surface area contributed by atoms with Crippen molar-refractivity contribution >= 4 is 17.4 Å². The summed E-state index contributed by atoms with van der Waals surface area (Å²) in [5.74, 6) is 0.0433. The van der Waals surface area contributed by atoms with E-state index in [4.69, 9.17) is 14.2 Å². The number of aliphatic hydroxyl groups excluding tert-OH is 1. The van der Waals surface area contributed by atoms with Gasteiger partial charge in [-0.15, -0.1) is 0 Å². The molecule has 0 radical (unpaired) electrons. The van der Waals surface area contributed by atoms with E-state index in [0.717, 1.165) is 48.3 Å². The smallest absolute Gasteiger partial charge is 0.295 e. The first-order valence-electron chi connectivity index (χ1n) is 12.4. The molecule has 7 nitrogen and oxygen atoms in total. The summed E-state index contributed by atoms with van der Waals surface area (Å²) in [5, 5.41) is 11.4. The van der Waals surface area contributed by atoms with Crippen LogP contribution in [0.5, 0.6) is 11.5 Å². The summed E-state index contributed by atoms with van der Waals surface area (Å²) < 4.78 is 17.2. The fraction of sp³-hybridized carbons (Fsp3) is 0.429. The second-order valence-corrected chi connectivity index (χ2v) is 9.46. The second kappa shape index (κ2) is 9.74. The lowest BCUT2D eigenvalue weighted by Crippen LogP contribution is -2.36. The molecule has 0 saturated carbocycles. The molecule has 35 heavy (non-hydrogen) atoms. The maximum absolute atomic E-state index is 13.3. The molecular formula is C28H31NO6. The van der Waals surface area contributed by atoms with Crippen molar-refractivity contribution in [3.8, 4) is 11.5 Å². The third kappa shape index (κ3) is 4.52. The molecular weight excluding hydrogens is 446 g/mol. The highest BCUT2D eigenvalue weighted by molar-refractivity contribution is 6.46. The maximum Gasteiger partial charge on any atom is 0.295 e. The highest BCUT2D eigenvalue weighted by atomic mass is 16.5. The van der Waals surface area contributed by atoms with Crippen LogP contribution in [-0.2, 0) is 20.7 Å². The van der Waals surface area contributed by atoms with Gasteiger partial charge in [-0.25, -0.2) is 0 Å². The van der Waals surface area contributed by atoms with Crippen LogP contribution in [-0.4, -0.2) is 53.7 Å². The van der Waals surface area contributed by atoms with Gasteiger partial charge < -0.3 is 24.2 Å². The summed E-state index contributed by atoms with van der Waals surface area (Å²) in [5.41, 5.74) is 2.32. The van der Waals surface area contributed by atoms with Gasteiger partial charge in [0, 0.05) is 25.1 Å². The van der Waals surface area contributed by atoms with Crippen LogP contribution in [0.1, 0.15) is 55.8 Å². The largest absolute Gasteiger partial charge is 0.507 e. The number of hydrogen-bond donors (Lipinski definition) is 1. The first kappa shape index (κ1) is 23.4. The molecule has 1 amide bonds. The summed E-state index contributed by atoms with van der Waals surface area (Å²) >= 11 is 0. The van der Waals surface area contributed by atoms with Crippen LogP contribution >= 0.6 is 0 Å². The molecule has 0 spiro atoms. The van der Waals surface area contributed by atoms with Crippen LogP contribution < -0.4 is 9.47 Å². The fourth-order valence-corrected chi connectivity index (χ4v) is 5.11. The van der Waals surface area contributed by atoms with E-state index in [-0.39, 0.29) is 23.5 Å². The van der Waals surface area contributed by atoms with E-state index in [1.807, 2.05) is 50.2 Å². The number of Topliss-reactive ketones (excluding diaryl/α,β-unsaturated/α-hetero) is 1. The lowest BCUT2D eigenvalue weighted by molar-refractivity contribution is -0.140. The Balaban J connectivity index is 1.55. The van der Waals surface area contributed by atoms with Crippen molar-refractivity contribution in [2.45, 2.75) is 57.8 Å². The average Bonchev–Trinajstić information content (AvgIpc) is 3.57. The van der Waals surface area contributed by atoms with Gasteiger partial charge in [-0.2, -0.15) is 0 Å². The van der Waals surface area contributed by atoms with Gasteiger partial charge in [-0.3, -0.25) is 9.59 Å². The molecule has 2 aromatic carbocycles. The Morgan fingerprint density at radius 3 is 2.69 bits per heavy atom. The number of likely N-dealkylation sites (tertiary alicyclic amines) is 1. The van der Waals surface area contributed by atoms with E-state index < -0.39 is 17.7 Å². The highest BCUT2D eigenvalue weighted by Crippen LogP contribution is 2.41.